The maximum Gasteiger partial charge on any atom is 0.350 e. The Morgan fingerprint density at radius 1 is 1.19 bits per heavy atom. The lowest BCUT2D eigenvalue weighted by Crippen LogP contribution is -2.51. The van der Waals surface area contributed by atoms with Crippen molar-refractivity contribution in [1.29, 1.82) is 0 Å². The average Bonchev–Trinajstić information content (AvgIpc) is 2.61. The number of nitro benzene ring substituents is 1. The number of rotatable bonds is 8. The molecule has 0 saturated carbocycles. The standard InChI is InChI=1S/C18H19NO7/c1-12(25-11-13-3-5-14(6-4-13)19(23)24)18(2,17(21)22)26-16-9-7-15(20)8-10-16/h3-10,12,20H,11H2,1-2H3,(H,21,22). The van der Waals surface area contributed by atoms with Gasteiger partial charge in [0.1, 0.15) is 17.6 Å². The van der Waals surface area contributed by atoms with E-state index in [0.29, 0.717) is 5.56 Å². The molecule has 0 radical (unpaired) electrons. The van der Waals surface area contributed by atoms with Gasteiger partial charge in [0.2, 0.25) is 5.60 Å². The van der Waals surface area contributed by atoms with Crippen molar-refractivity contribution < 1.29 is 29.4 Å². The lowest BCUT2D eigenvalue weighted by molar-refractivity contribution is -0.384. The van der Waals surface area contributed by atoms with E-state index in [-0.39, 0.29) is 23.8 Å². The van der Waals surface area contributed by atoms with E-state index in [0.717, 1.165) is 0 Å². The summed E-state index contributed by atoms with van der Waals surface area (Å²) in [5.41, 5.74) is -1.04. The van der Waals surface area contributed by atoms with Gasteiger partial charge >= 0.3 is 5.97 Å². The van der Waals surface area contributed by atoms with Crippen LogP contribution < -0.4 is 4.74 Å². The zero-order valence-corrected chi connectivity index (χ0v) is 14.3. The van der Waals surface area contributed by atoms with Crippen molar-refractivity contribution in [1.82, 2.24) is 0 Å². The molecule has 138 valence electrons. The fourth-order valence-corrected chi connectivity index (χ4v) is 2.15. The van der Waals surface area contributed by atoms with Gasteiger partial charge in [0.25, 0.3) is 5.69 Å². The van der Waals surface area contributed by atoms with Gasteiger partial charge in [0.05, 0.1) is 11.5 Å². The molecular weight excluding hydrogens is 342 g/mol. The average molecular weight is 361 g/mol. The van der Waals surface area contributed by atoms with Crippen LogP contribution in [0.4, 0.5) is 5.69 Å². The Kier molecular flexibility index (Phi) is 5.78. The van der Waals surface area contributed by atoms with Crippen molar-refractivity contribution in [3.63, 3.8) is 0 Å². The van der Waals surface area contributed by atoms with Crippen molar-refractivity contribution in [2.24, 2.45) is 0 Å². The topological polar surface area (TPSA) is 119 Å². The molecule has 2 rings (SSSR count). The van der Waals surface area contributed by atoms with Gasteiger partial charge < -0.3 is 19.7 Å². The Morgan fingerprint density at radius 2 is 1.77 bits per heavy atom. The van der Waals surface area contributed by atoms with Crippen LogP contribution in [-0.4, -0.2) is 32.8 Å². The highest BCUT2D eigenvalue weighted by Crippen LogP contribution is 2.26. The number of ether oxygens (including phenoxy) is 2. The number of hydrogen-bond acceptors (Lipinski definition) is 6. The smallest absolute Gasteiger partial charge is 0.350 e. The first-order valence-electron chi connectivity index (χ1n) is 7.79. The van der Waals surface area contributed by atoms with Crippen molar-refractivity contribution in [3.8, 4) is 11.5 Å². The molecule has 2 atom stereocenters. The van der Waals surface area contributed by atoms with Crippen LogP contribution in [0.3, 0.4) is 0 Å². The number of non-ortho nitro benzene ring substituents is 1. The fourth-order valence-electron chi connectivity index (χ4n) is 2.15. The summed E-state index contributed by atoms with van der Waals surface area (Å²) in [5, 5.41) is 29.5. The Hall–Kier alpha value is -3.13. The monoisotopic (exact) mass is 361 g/mol. The Bertz CT molecular complexity index is 773. The maximum absolute atomic E-state index is 11.7. The Labute approximate surface area is 149 Å². The number of aliphatic carboxylic acids is 1. The van der Waals surface area contributed by atoms with E-state index in [1.165, 1.54) is 43.3 Å². The number of benzene rings is 2. The van der Waals surface area contributed by atoms with Gasteiger partial charge in [-0.3, -0.25) is 10.1 Å². The predicted octanol–water partition coefficient (Wildman–Crippen LogP) is 3.13. The number of hydrogen-bond donors (Lipinski definition) is 2. The van der Waals surface area contributed by atoms with E-state index < -0.39 is 22.6 Å². The molecule has 0 amide bonds. The highest BCUT2D eigenvalue weighted by Gasteiger charge is 2.42. The third-order valence-corrected chi connectivity index (χ3v) is 4.01. The van der Waals surface area contributed by atoms with Crippen LogP contribution in [0.1, 0.15) is 19.4 Å². The second-order valence-electron chi connectivity index (χ2n) is 5.88. The first-order chi connectivity index (χ1) is 12.2. The summed E-state index contributed by atoms with van der Waals surface area (Å²) >= 11 is 0. The number of nitro groups is 1. The maximum atomic E-state index is 11.7. The summed E-state index contributed by atoms with van der Waals surface area (Å²) in [4.78, 5) is 21.9. The summed E-state index contributed by atoms with van der Waals surface area (Å²) in [7, 11) is 0. The van der Waals surface area contributed by atoms with E-state index in [9.17, 15) is 25.1 Å². The molecule has 2 unspecified atom stereocenters. The SMILES string of the molecule is CC(OCc1ccc([N+](=O)[O-])cc1)C(C)(Oc1ccc(O)cc1)C(=O)O. The summed E-state index contributed by atoms with van der Waals surface area (Å²) in [5.74, 6) is -0.892. The quantitative estimate of drug-likeness (QED) is 0.547. The molecule has 0 saturated heterocycles. The lowest BCUT2D eigenvalue weighted by atomic mass is 10.00. The van der Waals surface area contributed by atoms with E-state index in [2.05, 4.69) is 0 Å². The Balaban J connectivity index is 2.07. The third kappa shape index (κ3) is 4.48. The van der Waals surface area contributed by atoms with Gasteiger partial charge in [-0.15, -0.1) is 0 Å². The van der Waals surface area contributed by atoms with E-state index >= 15 is 0 Å². The van der Waals surface area contributed by atoms with Gasteiger partial charge in [-0.05, 0) is 55.8 Å². The Morgan fingerprint density at radius 3 is 2.27 bits per heavy atom. The van der Waals surface area contributed by atoms with Gasteiger partial charge in [0.15, 0.2) is 0 Å². The first kappa shape index (κ1) is 19.2. The highest BCUT2D eigenvalue weighted by molar-refractivity contribution is 5.78. The molecule has 2 N–H and O–H groups in total. The third-order valence-electron chi connectivity index (χ3n) is 4.01. The lowest BCUT2D eigenvalue weighted by Gasteiger charge is -2.32. The first-order valence-corrected chi connectivity index (χ1v) is 7.79. The summed E-state index contributed by atoms with van der Waals surface area (Å²) in [6.07, 6.45) is -0.830. The van der Waals surface area contributed by atoms with Crippen LogP contribution >= 0.6 is 0 Å². The molecule has 0 aliphatic heterocycles. The van der Waals surface area contributed by atoms with Crippen LogP contribution in [0.25, 0.3) is 0 Å². The number of nitrogens with zero attached hydrogens (tertiary/aromatic N) is 1. The predicted molar refractivity (Wildman–Crippen MR) is 92.1 cm³/mol. The summed E-state index contributed by atoms with van der Waals surface area (Å²) < 4.78 is 11.2. The molecule has 0 aromatic heterocycles. The number of carboxylic acid groups (broad SMARTS) is 1. The molecule has 2 aromatic carbocycles. The number of aromatic hydroxyl groups is 1. The van der Waals surface area contributed by atoms with Crippen LogP contribution in [-0.2, 0) is 16.1 Å². The van der Waals surface area contributed by atoms with Gasteiger partial charge in [-0.1, -0.05) is 0 Å². The van der Waals surface area contributed by atoms with Gasteiger partial charge in [0, 0.05) is 12.1 Å². The van der Waals surface area contributed by atoms with E-state index in [4.69, 9.17) is 9.47 Å². The molecular formula is C18H19NO7. The summed E-state index contributed by atoms with van der Waals surface area (Å²) in [6.45, 7) is 3.03. The zero-order chi connectivity index (χ0) is 19.3. The minimum atomic E-state index is -1.67. The van der Waals surface area contributed by atoms with Crippen LogP contribution in [0, 0.1) is 10.1 Å². The fraction of sp³-hybridized carbons (Fsp3) is 0.278. The number of carboxylic acids is 1. The molecule has 0 aliphatic carbocycles. The molecule has 2 aromatic rings. The second-order valence-corrected chi connectivity index (χ2v) is 5.88. The molecule has 8 nitrogen and oxygen atoms in total. The van der Waals surface area contributed by atoms with Gasteiger partial charge in [-0.25, -0.2) is 4.79 Å². The highest BCUT2D eigenvalue weighted by atomic mass is 16.6. The van der Waals surface area contributed by atoms with Crippen molar-refractivity contribution in [3.05, 3.63) is 64.2 Å². The summed E-state index contributed by atoms with van der Waals surface area (Å²) in [6, 6.07) is 11.5. The minimum Gasteiger partial charge on any atom is -0.508 e. The van der Waals surface area contributed by atoms with E-state index in [1.54, 1.807) is 19.1 Å². The molecule has 0 aliphatic rings. The minimum absolute atomic E-state index is 0.0344. The molecule has 0 fully saturated rings. The van der Waals surface area contributed by atoms with E-state index in [1.807, 2.05) is 0 Å². The number of phenols is 1. The molecule has 8 heteroatoms. The van der Waals surface area contributed by atoms with Crippen LogP contribution in [0.5, 0.6) is 11.5 Å². The van der Waals surface area contributed by atoms with Crippen LogP contribution in [0.15, 0.2) is 48.5 Å². The largest absolute Gasteiger partial charge is 0.508 e. The second kappa shape index (κ2) is 7.83. The van der Waals surface area contributed by atoms with Gasteiger partial charge in [-0.2, -0.15) is 0 Å². The number of phenolic OH excluding ortho intramolecular Hbond substituents is 1. The molecule has 26 heavy (non-hydrogen) atoms. The zero-order valence-electron chi connectivity index (χ0n) is 14.3. The van der Waals surface area contributed by atoms with Crippen molar-refractivity contribution in [2.75, 3.05) is 0 Å². The van der Waals surface area contributed by atoms with Crippen molar-refractivity contribution in [2.45, 2.75) is 32.2 Å². The van der Waals surface area contributed by atoms with Crippen LogP contribution in [0.2, 0.25) is 0 Å². The molecule has 0 bridgehead atoms. The molecule has 0 spiro atoms. The normalized spacial score (nSPS) is 14.2. The van der Waals surface area contributed by atoms with Crippen molar-refractivity contribution >= 4 is 11.7 Å². The number of carbonyl (C=O) groups is 1. The molecule has 0 heterocycles.